The van der Waals surface area contributed by atoms with Gasteiger partial charge in [0, 0.05) is 32.7 Å². The first-order valence-corrected chi connectivity index (χ1v) is 8.27. The SMILES string of the molecule is CN=C(N)N1CCC(N(CC2CC2)C(=O)OC(C)(C)C)CC1.I. The minimum absolute atomic E-state index is 0. The van der Waals surface area contributed by atoms with Crippen LogP contribution in [0.2, 0.25) is 0 Å². The molecule has 1 amide bonds. The predicted molar refractivity (Wildman–Crippen MR) is 103 cm³/mol. The third-order valence-electron chi connectivity index (χ3n) is 4.24. The summed E-state index contributed by atoms with van der Waals surface area (Å²) < 4.78 is 5.60. The first-order chi connectivity index (χ1) is 10.3. The van der Waals surface area contributed by atoms with Crippen molar-refractivity contribution in [1.29, 1.82) is 0 Å². The summed E-state index contributed by atoms with van der Waals surface area (Å²) in [6, 6.07) is 0.247. The number of halogens is 1. The monoisotopic (exact) mass is 438 g/mol. The normalized spacial score (nSPS) is 20.0. The molecular weight excluding hydrogens is 407 g/mol. The molecule has 2 fully saturated rings. The highest BCUT2D eigenvalue weighted by Crippen LogP contribution is 2.32. The number of rotatable bonds is 3. The van der Waals surface area contributed by atoms with Crippen LogP contribution >= 0.6 is 24.0 Å². The first kappa shape index (κ1) is 20.3. The molecule has 23 heavy (non-hydrogen) atoms. The molecule has 2 aliphatic rings. The minimum atomic E-state index is -0.446. The molecule has 0 aromatic rings. The fourth-order valence-corrected chi connectivity index (χ4v) is 2.82. The van der Waals surface area contributed by atoms with Gasteiger partial charge in [0.15, 0.2) is 5.96 Å². The summed E-state index contributed by atoms with van der Waals surface area (Å²) >= 11 is 0. The summed E-state index contributed by atoms with van der Waals surface area (Å²) in [5.74, 6) is 1.25. The Kier molecular flexibility index (Phi) is 7.41. The van der Waals surface area contributed by atoms with E-state index in [1.165, 1.54) is 12.8 Å². The van der Waals surface area contributed by atoms with Gasteiger partial charge in [-0.25, -0.2) is 4.79 Å². The van der Waals surface area contributed by atoms with Crippen LogP contribution in [0.5, 0.6) is 0 Å². The van der Waals surface area contributed by atoms with E-state index in [0.29, 0.717) is 11.9 Å². The number of carbonyl (C=O) groups is 1. The number of aliphatic imine (C=N–C) groups is 1. The van der Waals surface area contributed by atoms with Crippen molar-refractivity contribution in [2.24, 2.45) is 16.6 Å². The van der Waals surface area contributed by atoms with Gasteiger partial charge in [-0.15, -0.1) is 24.0 Å². The van der Waals surface area contributed by atoms with Crippen molar-refractivity contribution in [1.82, 2.24) is 9.80 Å². The Morgan fingerprint density at radius 1 is 1.26 bits per heavy atom. The molecule has 0 bridgehead atoms. The second-order valence-electron chi connectivity index (χ2n) is 7.38. The van der Waals surface area contributed by atoms with Gasteiger partial charge in [-0.2, -0.15) is 0 Å². The van der Waals surface area contributed by atoms with E-state index in [0.717, 1.165) is 32.5 Å². The fraction of sp³-hybridized carbons (Fsp3) is 0.875. The number of piperidine rings is 1. The van der Waals surface area contributed by atoms with Gasteiger partial charge in [0.25, 0.3) is 0 Å². The van der Waals surface area contributed by atoms with Crippen LogP contribution in [0, 0.1) is 5.92 Å². The number of amides is 1. The van der Waals surface area contributed by atoms with E-state index in [2.05, 4.69) is 9.89 Å². The zero-order valence-electron chi connectivity index (χ0n) is 14.7. The standard InChI is InChI=1S/C16H30N4O2.HI/c1-16(2,3)22-15(21)20(11-12-5-6-12)13-7-9-19(10-8-13)14(17)18-4;/h12-13H,5-11H2,1-4H3,(H2,17,18);1H. The highest BCUT2D eigenvalue weighted by Gasteiger charge is 2.35. The number of hydrogen-bond donors (Lipinski definition) is 1. The summed E-state index contributed by atoms with van der Waals surface area (Å²) in [6.07, 6.45) is 4.13. The maximum absolute atomic E-state index is 12.5. The molecule has 6 nitrogen and oxygen atoms in total. The van der Waals surface area contributed by atoms with Gasteiger partial charge < -0.3 is 20.3 Å². The third-order valence-corrected chi connectivity index (χ3v) is 4.24. The molecule has 0 atom stereocenters. The number of nitrogens with zero attached hydrogens (tertiary/aromatic N) is 3. The van der Waals surface area contributed by atoms with Gasteiger partial charge in [0.1, 0.15) is 5.60 Å². The van der Waals surface area contributed by atoms with Crippen molar-refractivity contribution < 1.29 is 9.53 Å². The summed E-state index contributed by atoms with van der Waals surface area (Å²) in [6.45, 7) is 8.27. The summed E-state index contributed by atoms with van der Waals surface area (Å²) in [4.78, 5) is 20.6. The maximum atomic E-state index is 12.5. The molecule has 2 rings (SSSR count). The zero-order valence-corrected chi connectivity index (χ0v) is 17.1. The number of carbonyl (C=O) groups excluding carboxylic acids is 1. The Bertz CT molecular complexity index is 424. The number of guanidine groups is 1. The summed E-state index contributed by atoms with van der Waals surface area (Å²) in [7, 11) is 1.71. The van der Waals surface area contributed by atoms with Gasteiger partial charge in [-0.3, -0.25) is 4.99 Å². The average molecular weight is 438 g/mol. The zero-order chi connectivity index (χ0) is 16.3. The average Bonchev–Trinajstić information content (AvgIpc) is 3.26. The lowest BCUT2D eigenvalue weighted by atomic mass is 10.0. The maximum Gasteiger partial charge on any atom is 0.410 e. The number of likely N-dealkylation sites (tertiary alicyclic amines) is 1. The van der Waals surface area contributed by atoms with Crippen molar-refractivity contribution in [2.75, 3.05) is 26.7 Å². The van der Waals surface area contributed by atoms with Crippen LogP contribution in [0.4, 0.5) is 4.79 Å². The van der Waals surface area contributed by atoms with Crippen molar-refractivity contribution in [3.05, 3.63) is 0 Å². The Hall–Kier alpha value is -0.730. The smallest absolute Gasteiger partial charge is 0.410 e. The lowest BCUT2D eigenvalue weighted by molar-refractivity contribution is 0.00935. The molecule has 0 aromatic heterocycles. The van der Waals surface area contributed by atoms with Crippen molar-refractivity contribution in [3.63, 3.8) is 0 Å². The Morgan fingerprint density at radius 3 is 2.26 bits per heavy atom. The van der Waals surface area contributed by atoms with Gasteiger partial charge in [-0.05, 0) is 52.4 Å². The largest absolute Gasteiger partial charge is 0.444 e. The second kappa shape index (κ2) is 8.39. The van der Waals surface area contributed by atoms with Crippen LogP contribution in [-0.2, 0) is 4.74 Å². The van der Waals surface area contributed by atoms with Gasteiger partial charge in [0.2, 0.25) is 0 Å². The van der Waals surface area contributed by atoms with E-state index < -0.39 is 5.60 Å². The number of nitrogens with two attached hydrogens (primary N) is 1. The number of ether oxygens (including phenoxy) is 1. The molecule has 1 aliphatic heterocycles. The molecule has 0 radical (unpaired) electrons. The van der Waals surface area contributed by atoms with Crippen LogP contribution in [0.3, 0.4) is 0 Å². The van der Waals surface area contributed by atoms with Gasteiger partial charge >= 0.3 is 6.09 Å². The molecule has 0 spiro atoms. The fourth-order valence-electron chi connectivity index (χ4n) is 2.82. The van der Waals surface area contributed by atoms with Crippen molar-refractivity contribution >= 4 is 36.0 Å². The molecule has 0 aromatic carbocycles. The Balaban J connectivity index is 0.00000264. The third kappa shape index (κ3) is 6.35. The lowest BCUT2D eigenvalue weighted by Crippen LogP contribution is -2.51. The molecule has 2 N–H and O–H groups in total. The van der Waals surface area contributed by atoms with Crippen LogP contribution in [0.1, 0.15) is 46.5 Å². The molecule has 134 valence electrons. The molecule has 1 heterocycles. The Labute approximate surface area is 156 Å². The van der Waals surface area contributed by atoms with Crippen LogP contribution in [-0.4, -0.2) is 60.2 Å². The predicted octanol–water partition coefficient (Wildman–Crippen LogP) is 2.66. The highest BCUT2D eigenvalue weighted by molar-refractivity contribution is 14.0. The number of hydrogen-bond acceptors (Lipinski definition) is 3. The second-order valence-corrected chi connectivity index (χ2v) is 7.38. The molecular formula is C16H31IN4O2. The topological polar surface area (TPSA) is 71.2 Å². The molecule has 1 saturated carbocycles. The van der Waals surface area contributed by atoms with Crippen LogP contribution in [0.15, 0.2) is 4.99 Å². The van der Waals surface area contributed by atoms with E-state index in [1.807, 2.05) is 25.7 Å². The van der Waals surface area contributed by atoms with E-state index >= 15 is 0 Å². The summed E-state index contributed by atoms with van der Waals surface area (Å²) in [5, 5.41) is 0. The van der Waals surface area contributed by atoms with E-state index in [-0.39, 0.29) is 36.1 Å². The van der Waals surface area contributed by atoms with E-state index in [9.17, 15) is 4.79 Å². The molecule has 1 aliphatic carbocycles. The highest BCUT2D eigenvalue weighted by atomic mass is 127. The van der Waals surface area contributed by atoms with Gasteiger partial charge in [-0.1, -0.05) is 0 Å². The molecule has 7 heteroatoms. The van der Waals surface area contributed by atoms with E-state index in [4.69, 9.17) is 10.5 Å². The van der Waals surface area contributed by atoms with E-state index in [1.54, 1.807) is 7.05 Å². The minimum Gasteiger partial charge on any atom is -0.444 e. The van der Waals surface area contributed by atoms with Crippen molar-refractivity contribution in [3.8, 4) is 0 Å². The lowest BCUT2D eigenvalue weighted by Gasteiger charge is -2.39. The van der Waals surface area contributed by atoms with Crippen LogP contribution in [0.25, 0.3) is 0 Å². The van der Waals surface area contributed by atoms with Crippen LogP contribution < -0.4 is 5.73 Å². The Morgan fingerprint density at radius 2 is 1.83 bits per heavy atom. The first-order valence-electron chi connectivity index (χ1n) is 8.27. The quantitative estimate of drug-likeness (QED) is 0.418. The van der Waals surface area contributed by atoms with Gasteiger partial charge in [0.05, 0.1) is 0 Å². The summed E-state index contributed by atoms with van der Waals surface area (Å²) in [5.41, 5.74) is 5.43. The molecule has 1 saturated heterocycles. The molecule has 0 unspecified atom stereocenters. The van der Waals surface area contributed by atoms with Crippen molar-refractivity contribution in [2.45, 2.75) is 58.1 Å².